The van der Waals surface area contributed by atoms with Crippen LogP contribution in [-0.4, -0.2) is 57.9 Å². The highest BCUT2D eigenvalue weighted by Crippen LogP contribution is 2.30. The zero-order chi connectivity index (χ0) is 22.9. The van der Waals surface area contributed by atoms with Crippen molar-refractivity contribution in [1.29, 1.82) is 0 Å². The molecule has 2 aliphatic rings. The molecule has 170 valence electrons. The van der Waals surface area contributed by atoms with Gasteiger partial charge in [-0.1, -0.05) is 12.1 Å². The van der Waals surface area contributed by atoms with E-state index >= 15 is 0 Å². The van der Waals surface area contributed by atoms with Crippen LogP contribution in [0.2, 0.25) is 0 Å². The molecule has 1 aliphatic carbocycles. The van der Waals surface area contributed by atoms with E-state index in [2.05, 4.69) is 20.2 Å². The Morgan fingerprint density at radius 3 is 2.64 bits per heavy atom. The van der Waals surface area contributed by atoms with E-state index in [0.29, 0.717) is 60.7 Å². The Hall–Kier alpha value is -3.79. The zero-order valence-corrected chi connectivity index (χ0v) is 18.0. The summed E-state index contributed by atoms with van der Waals surface area (Å²) in [7, 11) is 0. The topological polar surface area (TPSA) is 124 Å². The lowest BCUT2D eigenvalue weighted by molar-refractivity contribution is -0.384. The lowest BCUT2D eigenvalue weighted by Gasteiger charge is -2.35. The first-order valence-electron chi connectivity index (χ1n) is 11.0. The number of aromatic amines is 1. The number of carbonyl (C=O) groups excluding carboxylic acids is 1. The lowest BCUT2D eigenvalue weighted by atomic mass is 10.1. The fourth-order valence-electron chi connectivity index (χ4n) is 4.14. The molecule has 1 amide bonds. The minimum atomic E-state index is -0.431. The minimum absolute atomic E-state index is 0.0626. The molecule has 1 saturated carbocycles. The summed E-state index contributed by atoms with van der Waals surface area (Å²) < 4.78 is 0. The Bertz CT molecular complexity index is 1280. The van der Waals surface area contributed by atoms with Gasteiger partial charge in [0.15, 0.2) is 0 Å². The van der Waals surface area contributed by atoms with Crippen LogP contribution >= 0.6 is 0 Å². The van der Waals surface area contributed by atoms with E-state index in [9.17, 15) is 19.7 Å². The van der Waals surface area contributed by atoms with Gasteiger partial charge in [-0.3, -0.25) is 24.6 Å². The van der Waals surface area contributed by atoms with Crippen molar-refractivity contribution in [3.63, 3.8) is 0 Å². The molecule has 2 fully saturated rings. The highest BCUT2D eigenvalue weighted by molar-refractivity contribution is 5.96. The molecule has 2 N–H and O–H groups in total. The number of H-pyrrole nitrogens is 1. The number of piperazine rings is 1. The van der Waals surface area contributed by atoms with Crippen LogP contribution in [0.1, 0.15) is 29.0 Å². The molecule has 3 aromatic rings. The standard InChI is InChI=1S/C23H24N6O4/c30-22(24-16-6-7-16)15-5-8-19(20(13-15)29(32)33)28-11-9-27(10-12-28)14-21-25-18-4-2-1-3-17(18)23(31)26-21/h1-5,8,13,16H,6-7,9-12,14H2,(H,24,30)(H,25,26,31). The molecule has 0 spiro atoms. The second-order valence-corrected chi connectivity index (χ2v) is 8.50. The second-order valence-electron chi connectivity index (χ2n) is 8.50. The number of nitrogens with zero attached hydrogens (tertiary/aromatic N) is 4. The molecule has 2 heterocycles. The number of anilines is 1. The molecular weight excluding hydrogens is 424 g/mol. The Balaban J connectivity index is 1.27. The predicted molar refractivity (Wildman–Crippen MR) is 123 cm³/mol. The second kappa shape index (κ2) is 8.62. The lowest BCUT2D eigenvalue weighted by Crippen LogP contribution is -2.46. The number of fused-ring (bicyclic) bond motifs is 1. The third kappa shape index (κ3) is 4.56. The summed E-state index contributed by atoms with van der Waals surface area (Å²) in [4.78, 5) is 47.4. The quantitative estimate of drug-likeness (QED) is 0.437. The smallest absolute Gasteiger partial charge is 0.293 e. The summed E-state index contributed by atoms with van der Waals surface area (Å²) >= 11 is 0. The number of nitro groups is 1. The molecule has 1 saturated heterocycles. The Morgan fingerprint density at radius 1 is 1.15 bits per heavy atom. The maximum absolute atomic E-state index is 12.3. The predicted octanol–water partition coefficient (Wildman–Crippen LogP) is 2.05. The molecule has 33 heavy (non-hydrogen) atoms. The van der Waals surface area contributed by atoms with Crippen molar-refractivity contribution in [2.75, 3.05) is 31.1 Å². The van der Waals surface area contributed by atoms with Gasteiger partial charge in [0.1, 0.15) is 11.5 Å². The third-order valence-electron chi connectivity index (χ3n) is 6.10. The fraction of sp³-hybridized carbons (Fsp3) is 0.348. The van der Waals surface area contributed by atoms with Gasteiger partial charge in [0.2, 0.25) is 0 Å². The maximum Gasteiger partial charge on any atom is 0.293 e. The van der Waals surface area contributed by atoms with E-state index in [1.165, 1.54) is 6.07 Å². The molecular formula is C23H24N6O4. The number of carbonyl (C=O) groups is 1. The number of rotatable bonds is 6. The van der Waals surface area contributed by atoms with Crippen LogP contribution in [0.4, 0.5) is 11.4 Å². The van der Waals surface area contributed by atoms with Crippen molar-refractivity contribution in [2.45, 2.75) is 25.4 Å². The van der Waals surface area contributed by atoms with E-state index in [-0.39, 0.29) is 23.2 Å². The van der Waals surface area contributed by atoms with Crippen LogP contribution in [0.5, 0.6) is 0 Å². The van der Waals surface area contributed by atoms with Gasteiger partial charge in [-0.05, 0) is 37.1 Å². The van der Waals surface area contributed by atoms with Gasteiger partial charge in [-0.2, -0.15) is 0 Å². The number of nitrogens with one attached hydrogen (secondary N) is 2. The van der Waals surface area contributed by atoms with Crippen molar-refractivity contribution in [1.82, 2.24) is 20.2 Å². The number of para-hydroxylation sites is 1. The third-order valence-corrected chi connectivity index (χ3v) is 6.10. The van der Waals surface area contributed by atoms with E-state index in [1.54, 1.807) is 18.2 Å². The van der Waals surface area contributed by atoms with Crippen molar-refractivity contribution < 1.29 is 9.72 Å². The van der Waals surface area contributed by atoms with Crippen LogP contribution < -0.4 is 15.8 Å². The van der Waals surface area contributed by atoms with E-state index in [4.69, 9.17) is 0 Å². The van der Waals surface area contributed by atoms with Crippen molar-refractivity contribution >= 4 is 28.2 Å². The van der Waals surface area contributed by atoms with Gasteiger partial charge < -0.3 is 15.2 Å². The SMILES string of the molecule is O=C(NC1CC1)c1ccc(N2CCN(Cc3nc4ccccc4c(=O)[nH]3)CC2)c([N+](=O)[O-])c1. The van der Waals surface area contributed by atoms with E-state index in [0.717, 1.165) is 12.8 Å². The Kier molecular flexibility index (Phi) is 5.51. The molecule has 5 rings (SSSR count). The molecule has 1 aliphatic heterocycles. The molecule has 0 atom stereocenters. The Labute approximate surface area is 189 Å². The van der Waals surface area contributed by atoms with Crippen LogP contribution in [0, 0.1) is 10.1 Å². The van der Waals surface area contributed by atoms with Gasteiger partial charge in [0, 0.05) is 43.9 Å². The molecule has 1 aromatic heterocycles. The molecule has 10 nitrogen and oxygen atoms in total. The first-order chi connectivity index (χ1) is 16.0. The minimum Gasteiger partial charge on any atom is -0.363 e. The van der Waals surface area contributed by atoms with Gasteiger partial charge >= 0.3 is 0 Å². The molecule has 2 aromatic carbocycles. The molecule has 0 bridgehead atoms. The Morgan fingerprint density at radius 2 is 1.91 bits per heavy atom. The van der Waals surface area contributed by atoms with Gasteiger partial charge in [0.05, 0.1) is 22.4 Å². The highest BCUT2D eigenvalue weighted by atomic mass is 16.6. The number of benzene rings is 2. The van der Waals surface area contributed by atoms with Gasteiger partial charge in [-0.15, -0.1) is 0 Å². The van der Waals surface area contributed by atoms with Crippen LogP contribution in [0.3, 0.4) is 0 Å². The summed E-state index contributed by atoms with van der Waals surface area (Å²) in [6, 6.07) is 12.1. The van der Waals surface area contributed by atoms with Gasteiger partial charge in [0.25, 0.3) is 17.2 Å². The van der Waals surface area contributed by atoms with Crippen LogP contribution in [0.25, 0.3) is 10.9 Å². The number of amides is 1. The number of aromatic nitrogens is 2. The number of hydrogen-bond acceptors (Lipinski definition) is 7. The van der Waals surface area contributed by atoms with Crippen LogP contribution in [0.15, 0.2) is 47.3 Å². The number of hydrogen-bond donors (Lipinski definition) is 2. The molecule has 0 unspecified atom stereocenters. The van der Waals surface area contributed by atoms with Gasteiger partial charge in [-0.25, -0.2) is 4.98 Å². The largest absolute Gasteiger partial charge is 0.363 e. The zero-order valence-electron chi connectivity index (χ0n) is 18.0. The summed E-state index contributed by atoms with van der Waals surface area (Å²) in [6.45, 7) is 3.00. The van der Waals surface area contributed by atoms with E-state index < -0.39 is 4.92 Å². The molecule has 10 heteroatoms. The van der Waals surface area contributed by atoms with E-state index in [1.807, 2.05) is 23.1 Å². The summed E-state index contributed by atoms with van der Waals surface area (Å²) in [5.74, 6) is 0.331. The monoisotopic (exact) mass is 448 g/mol. The number of nitro benzene ring substituents is 1. The van der Waals surface area contributed by atoms with Crippen molar-refractivity contribution in [3.8, 4) is 0 Å². The summed E-state index contributed by atoms with van der Waals surface area (Å²) in [5.41, 5.74) is 1.27. The summed E-state index contributed by atoms with van der Waals surface area (Å²) in [6.07, 6.45) is 1.91. The van der Waals surface area contributed by atoms with Crippen molar-refractivity contribution in [3.05, 3.63) is 74.3 Å². The normalized spacial score (nSPS) is 16.7. The maximum atomic E-state index is 12.3. The highest BCUT2D eigenvalue weighted by Gasteiger charge is 2.28. The first-order valence-corrected chi connectivity index (χ1v) is 11.0. The fourth-order valence-corrected chi connectivity index (χ4v) is 4.14. The average molecular weight is 448 g/mol. The summed E-state index contributed by atoms with van der Waals surface area (Å²) in [5, 5.41) is 15.1. The average Bonchev–Trinajstić information content (AvgIpc) is 3.63. The first kappa shape index (κ1) is 21.1. The van der Waals surface area contributed by atoms with Crippen LogP contribution in [-0.2, 0) is 6.54 Å². The molecule has 0 radical (unpaired) electrons. The van der Waals surface area contributed by atoms with Crippen molar-refractivity contribution in [2.24, 2.45) is 0 Å².